The molecule has 20 heavy (non-hydrogen) atoms. The van der Waals surface area contributed by atoms with Crippen molar-refractivity contribution >= 4 is 5.91 Å². The Bertz CT molecular complexity index is 285. The van der Waals surface area contributed by atoms with Gasteiger partial charge in [0.25, 0.3) is 0 Å². The van der Waals surface area contributed by atoms with E-state index in [4.69, 9.17) is 0 Å². The van der Waals surface area contributed by atoms with Crippen LogP contribution in [0.25, 0.3) is 0 Å². The molecule has 1 fully saturated rings. The fourth-order valence-electron chi connectivity index (χ4n) is 2.61. The predicted octanol–water partition coefficient (Wildman–Crippen LogP) is 1.86. The van der Waals surface area contributed by atoms with Gasteiger partial charge in [-0.25, -0.2) is 0 Å². The monoisotopic (exact) mass is 283 g/mol. The van der Waals surface area contributed by atoms with Crippen LogP contribution in [-0.2, 0) is 4.79 Å². The van der Waals surface area contributed by atoms with Gasteiger partial charge in [0, 0.05) is 25.2 Å². The van der Waals surface area contributed by atoms with Crippen molar-refractivity contribution < 1.29 is 4.79 Å². The highest BCUT2D eigenvalue weighted by Crippen LogP contribution is 2.09. The molecular weight excluding hydrogens is 250 g/mol. The first-order valence-corrected chi connectivity index (χ1v) is 8.13. The van der Waals surface area contributed by atoms with E-state index in [9.17, 15) is 4.79 Å². The Labute approximate surface area is 124 Å². The number of nitrogens with zero attached hydrogens (tertiary/aromatic N) is 1. The molecule has 1 saturated heterocycles. The lowest BCUT2D eigenvalue weighted by atomic mass is 10.1. The molecule has 1 aliphatic heterocycles. The summed E-state index contributed by atoms with van der Waals surface area (Å²) in [6.07, 6.45) is 2.50. The molecule has 0 spiro atoms. The van der Waals surface area contributed by atoms with Crippen molar-refractivity contribution in [2.75, 3.05) is 26.2 Å². The maximum atomic E-state index is 12.2. The number of rotatable bonds is 8. The van der Waals surface area contributed by atoms with Crippen LogP contribution in [0, 0.1) is 11.8 Å². The molecule has 1 amide bonds. The molecule has 0 aromatic rings. The minimum Gasteiger partial charge on any atom is -0.352 e. The third-order valence-corrected chi connectivity index (χ3v) is 4.02. The van der Waals surface area contributed by atoms with E-state index in [0.29, 0.717) is 24.4 Å². The standard InChI is InChI=1S/C16H33N3O/c1-12(2)9-19(10-15-7-6-8-17-15)11-16(20)18-14(5)13(3)4/h12-15,17H,6-11H2,1-5H3,(H,18,20). The van der Waals surface area contributed by atoms with E-state index in [1.54, 1.807) is 0 Å². The van der Waals surface area contributed by atoms with Crippen LogP contribution in [0.15, 0.2) is 0 Å². The highest BCUT2D eigenvalue weighted by Gasteiger charge is 2.21. The first-order valence-electron chi connectivity index (χ1n) is 8.13. The van der Waals surface area contributed by atoms with Gasteiger partial charge < -0.3 is 10.6 Å². The van der Waals surface area contributed by atoms with Crippen molar-refractivity contribution in [2.24, 2.45) is 11.8 Å². The first-order chi connectivity index (χ1) is 9.38. The van der Waals surface area contributed by atoms with Crippen LogP contribution >= 0.6 is 0 Å². The van der Waals surface area contributed by atoms with Gasteiger partial charge in [-0.1, -0.05) is 27.7 Å². The number of carbonyl (C=O) groups is 1. The molecule has 0 bridgehead atoms. The molecule has 1 heterocycles. The highest BCUT2D eigenvalue weighted by atomic mass is 16.2. The normalized spacial score (nSPS) is 20.9. The molecule has 118 valence electrons. The quantitative estimate of drug-likeness (QED) is 0.714. The molecule has 0 aliphatic carbocycles. The van der Waals surface area contributed by atoms with Crippen LogP contribution < -0.4 is 10.6 Å². The van der Waals surface area contributed by atoms with Gasteiger partial charge in [-0.3, -0.25) is 9.69 Å². The molecular formula is C16H33N3O. The van der Waals surface area contributed by atoms with Crippen LogP contribution in [0.3, 0.4) is 0 Å². The number of carbonyl (C=O) groups excluding carboxylic acids is 1. The number of amides is 1. The summed E-state index contributed by atoms with van der Waals surface area (Å²) in [5, 5.41) is 6.63. The molecule has 0 radical (unpaired) electrons. The second-order valence-electron chi connectivity index (χ2n) is 6.98. The van der Waals surface area contributed by atoms with Crippen molar-refractivity contribution in [1.29, 1.82) is 0 Å². The average molecular weight is 283 g/mol. The molecule has 0 aromatic carbocycles. The lowest BCUT2D eigenvalue weighted by Crippen LogP contribution is -2.47. The van der Waals surface area contributed by atoms with E-state index < -0.39 is 0 Å². The topological polar surface area (TPSA) is 44.4 Å². The molecule has 0 aromatic heterocycles. The van der Waals surface area contributed by atoms with Gasteiger partial charge >= 0.3 is 0 Å². The Kier molecular flexibility index (Phi) is 7.52. The third kappa shape index (κ3) is 6.71. The molecule has 2 N–H and O–H groups in total. The van der Waals surface area contributed by atoms with E-state index in [1.807, 2.05) is 0 Å². The van der Waals surface area contributed by atoms with Gasteiger partial charge in [0.05, 0.1) is 6.54 Å². The second kappa shape index (κ2) is 8.63. The maximum absolute atomic E-state index is 12.2. The Morgan fingerprint density at radius 2 is 2.00 bits per heavy atom. The first kappa shape index (κ1) is 17.4. The fourth-order valence-corrected chi connectivity index (χ4v) is 2.61. The SMILES string of the molecule is CC(C)CN(CC(=O)NC(C)C(C)C)CC1CCCN1. The summed E-state index contributed by atoms with van der Waals surface area (Å²) in [6.45, 7) is 14.4. The van der Waals surface area contributed by atoms with Crippen molar-refractivity contribution in [3.05, 3.63) is 0 Å². The lowest BCUT2D eigenvalue weighted by molar-refractivity contribution is -0.123. The molecule has 4 heteroatoms. The average Bonchev–Trinajstić information content (AvgIpc) is 2.80. The summed E-state index contributed by atoms with van der Waals surface area (Å²) >= 11 is 0. The van der Waals surface area contributed by atoms with Crippen LogP contribution in [-0.4, -0.2) is 49.1 Å². The van der Waals surface area contributed by atoms with Gasteiger partial charge in [0.15, 0.2) is 0 Å². The van der Waals surface area contributed by atoms with Gasteiger partial charge in [0.2, 0.25) is 5.91 Å². The lowest BCUT2D eigenvalue weighted by Gasteiger charge is -2.27. The van der Waals surface area contributed by atoms with Crippen molar-refractivity contribution in [3.8, 4) is 0 Å². The van der Waals surface area contributed by atoms with Gasteiger partial charge in [-0.15, -0.1) is 0 Å². The Morgan fingerprint density at radius 1 is 1.30 bits per heavy atom. The zero-order valence-corrected chi connectivity index (χ0v) is 13.9. The highest BCUT2D eigenvalue weighted by molar-refractivity contribution is 5.78. The van der Waals surface area contributed by atoms with Crippen molar-refractivity contribution in [3.63, 3.8) is 0 Å². The van der Waals surface area contributed by atoms with Gasteiger partial charge in [-0.2, -0.15) is 0 Å². The summed E-state index contributed by atoms with van der Waals surface area (Å²) in [5.41, 5.74) is 0. The van der Waals surface area contributed by atoms with E-state index in [0.717, 1.165) is 19.6 Å². The van der Waals surface area contributed by atoms with E-state index in [1.165, 1.54) is 12.8 Å². The molecule has 2 atom stereocenters. The van der Waals surface area contributed by atoms with E-state index in [-0.39, 0.29) is 11.9 Å². The molecule has 1 aliphatic rings. The predicted molar refractivity (Wildman–Crippen MR) is 84.7 cm³/mol. The maximum Gasteiger partial charge on any atom is 0.234 e. The van der Waals surface area contributed by atoms with Crippen molar-refractivity contribution in [1.82, 2.24) is 15.5 Å². The number of hydrogen-bond donors (Lipinski definition) is 2. The molecule has 1 rings (SSSR count). The minimum atomic E-state index is 0.157. The summed E-state index contributed by atoms with van der Waals surface area (Å²) in [7, 11) is 0. The zero-order valence-electron chi connectivity index (χ0n) is 13.9. The minimum absolute atomic E-state index is 0.157. The van der Waals surface area contributed by atoms with Crippen LogP contribution in [0.2, 0.25) is 0 Å². The second-order valence-corrected chi connectivity index (χ2v) is 6.98. The van der Waals surface area contributed by atoms with Crippen LogP contribution in [0.5, 0.6) is 0 Å². The van der Waals surface area contributed by atoms with E-state index >= 15 is 0 Å². The summed E-state index contributed by atoms with van der Waals surface area (Å²) in [4.78, 5) is 14.5. The molecule has 2 unspecified atom stereocenters. The Hall–Kier alpha value is -0.610. The van der Waals surface area contributed by atoms with Crippen LogP contribution in [0.4, 0.5) is 0 Å². The third-order valence-electron chi connectivity index (χ3n) is 4.02. The van der Waals surface area contributed by atoms with Gasteiger partial charge in [0.1, 0.15) is 0 Å². The Morgan fingerprint density at radius 3 is 2.50 bits per heavy atom. The number of hydrogen-bond acceptors (Lipinski definition) is 3. The molecule has 0 saturated carbocycles. The zero-order chi connectivity index (χ0) is 15.1. The van der Waals surface area contributed by atoms with Crippen LogP contribution in [0.1, 0.15) is 47.5 Å². The fraction of sp³-hybridized carbons (Fsp3) is 0.938. The van der Waals surface area contributed by atoms with Gasteiger partial charge in [-0.05, 0) is 38.1 Å². The molecule has 4 nitrogen and oxygen atoms in total. The Balaban J connectivity index is 2.43. The van der Waals surface area contributed by atoms with E-state index in [2.05, 4.69) is 50.2 Å². The summed E-state index contributed by atoms with van der Waals surface area (Å²) < 4.78 is 0. The largest absolute Gasteiger partial charge is 0.352 e. The summed E-state index contributed by atoms with van der Waals surface area (Å²) in [6, 6.07) is 0.803. The summed E-state index contributed by atoms with van der Waals surface area (Å²) in [5.74, 6) is 1.23. The number of nitrogens with one attached hydrogen (secondary N) is 2. The van der Waals surface area contributed by atoms with Crippen molar-refractivity contribution in [2.45, 2.75) is 59.5 Å². The smallest absolute Gasteiger partial charge is 0.234 e.